The van der Waals surface area contributed by atoms with Gasteiger partial charge in [0.25, 0.3) is 0 Å². The Labute approximate surface area is 121 Å². The van der Waals surface area contributed by atoms with E-state index < -0.39 is 0 Å². The number of thiophene rings is 1. The van der Waals surface area contributed by atoms with Gasteiger partial charge < -0.3 is 5.32 Å². The molecule has 1 aliphatic heterocycles. The van der Waals surface area contributed by atoms with E-state index in [0.717, 1.165) is 12.5 Å². The molecule has 1 aromatic rings. The third kappa shape index (κ3) is 4.88. The highest BCUT2D eigenvalue weighted by molar-refractivity contribution is 7.09. The zero-order chi connectivity index (χ0) is 12.1. The molecule has 0 unspecified atom stereocenters. The van der Waals surface area contributed by atoms with E-state index in [9.17, 15) is 0 Å². The molecule has 1 aromatic heterocycles. The molecule has 0 aliphatic carbocycles. The first-order chi connectivity index (χ1) is 8.25. The van der Waals surface area contributed by atoms with Crippen molar-refractivity contribution in [2.45, 2.75) is 39.3 Å². The molecule has 0 spiro atoms. The number of nitrogens with one attached hydrogen (secondary N) is 1. The number of piperidine rings is 1. The molecule has 1 fully saturated rings. The highest BCUT2D eigenvalue weighted by Gasteiger charge is 2.19. The maximum Gasteiger partial charge on any atom is 0.0330 e. The van der Waals surface area contributed by atoms with Gasteiger partial charge in [-0.25, -0.2) is 0 Å². The summed E-state index contributed by atoms with van der Waals surface area (Å²) >= 11 is 1.88. The molecule has 0 amide bonds. The van der Waals surface area contributed by atoms with Crippen LogP contribution in [0.4, 0.5) is 0 Å². The lowest BCUT2D eigenvalue weighted by atomic mass is 9.97. The molecule has 0 bridgehead atoms. The lowest BCUT2D eigenvalue weighted by molar-refractivity contribution is 0.163. The van der Waals surface area contributed by atoms with Crippen LogP contribution in [0.1, 0.15) is 31.6 Å². The standard InChI is InChI=1S/C14H24N2S.ClH/c1-12(2)16(11-14-4-3-9-17-14)10-13-5-7-15-8-6-13;/h3-4,9,12-13,15H,5-8,10-11H2,1-2H3;1H. The minimum atomic E-state index is 0. The fourth-order valence-electron chi connectivity index (χ4n) is 2.46. The van der Waals surface area contributed by atoms with Crippen molar-refractivity contribution in [1.82, 2.24) is 10.2 Å². The Bertz CT molecular complexity index is 308. The summed E-state index contributed by atoms with van der Waals surface area (Å²) in [7, 11) is 0. The van der Waals surface area contributed by atoms with Gasteiger partial charge in [0.05, 0.1) is 0 Å². The summed E-state index contributed by atoms with van der Waals surface area (Å²) in [5, 5.41) is 5.63. The van der Waals surface area contributed by atoms with Crippen LogP contribution in [0.25, 0.3) is 0 Å². The summed E-state index contributed by atoms with van der Waals surface area (Å²) in [4.78, 5) is 4.12. The summed E-state index contributed by atoms with van der Waals surface area (Å²) in [5.41, 5.74) is 0. The summed E-state index contributed by atoms with van der Waals surface area (Å²) in [6.45, 7) is 9.42. The molecule has 0 radical (unpaired) electrons. The van der Waals surface area contributed by atoms with Crippen LogP contribution in [0.2, 0.25) is 0 Å². The first-order valence-electron chi connectivity index (χ1n) is 6.73. The molecule has 1 aliphatic rings. The van der Waals surface area contributed by atoms with Crippen molar-refractivity contribution < 1.29 is 0 Å². The van der Waals surface area contributed by atoms with Crippen molar-refractivity contribution in [3.05, 3.63) is 22.4 Å². The molecule has 1 N–H and O–H groups in total. The van der Waals surface area contributed by atoms with Gasteiger partial charge in [-0.1, -0.05) is 6.07 Å². The fraction of sp³-hybridized carbons (Fsp3) is 0.714. The topological polar surface area (TPSA) is 15.3 Å². The van der Waals surface area contributed by atoms with Crippen molar-refractivity contribution in [2.24, 2.45) is 5.92 Å². The average molecular weight is 289 g/mol. The smallest absolute Gasteiger partial charge is 0.0330 e. The minimum Gasteiger partial charge on any atom is -0.317 e. The lowest BCUT2D eigenvalue weighted by Gasteiger charge is -2.32. The van der Waals surface area contributed by atoms with E-state index in [4.69, 9.17) is 0 Å². The van der Waals surface area contributed by atoms with Gasteiger partial charge in [-0.2, -0.15) is 0 Å². The third-order valence-electron chi connectivity index (χ3n) is 3.62. The van der Waals surface area contributed by atoms with Gasteiger partial charge >= 0.3 is 0 Å². The van der Waals surface area contributed by atoms with E-state index in [0.29, 0.717) is 6.04 Å². The van der Waals surface area contributed by atoms with E-state index >= 15 is 0 Å². The van der Waals surface area contributed by atoms with Gasteiger partial charge in [0, 0.05) is 24.0 Å². The Hall–Kier alpha value is -0.0900. The van der Waals surface area contributed by atoms with Crippen LogP contribution < -0.4 is 5.32 Å². The molecule has 0 aromatic carbocycles. The minimum absolute atomic E-state index is 0. The Morgan fingerprint density at radius 1 is 1.39 bits per heavy atom. The second-order valence-corrected chi connectivity index (χ2v) is 6.33. The van der Waals surface area contributed by atoms with Crippen LogP contribution in [-0.2, 0) is 6.54 Å². The van der Waals surface area contributed by atoms with E-state index in [1.807, 2.05) is 11.3 Å². The molecule has 104 valence electrons. The summed E-state index contributed by atoms with van der Waals surface area (Å²) in [6, 6.07) is 5.05. The molecular formula is C14H25ClN2S. The molecule has 0 atom stereocenters. The summed E-state index contributed by atoms with van der Waals surface area (Å²) in [6.07, 6.45) is 2.68. The highest BCUT2D eigenvalue weighted by Crippen LogP contribution is 2.19. The SMILES string of the molecule is CC(C)N(Cc1cccs1)CC1CCNCC1.Cl. The monoisotopic (exact) mass is 288 g/mol. The maximum atomic E-state index is 3.45. The van der Waals surface area contributed by atoms with Crippen molar-refractivity contribution >= 4 is 23.7 Å². The normalized spacial score (nSPS) is 17.1. The third-order valence-corrected chi connectivity index (χ3v) is 4.48. The van der Waals surface area contributed by atoms with Gasteiger partial charge in [0.1, 0.15) is 0 Å². The van der Waals surface area contributed by atoms with Gasteiger partial charge in [0.15, 0.2) is 0 Å². The van der Waals surface area contributed by atoms with Gasteiger partial charge in [-0.15, -0.1) is 23.7 Å². The van der Waals surface area contributed by atoms with E-state index in [-0.39, 0.29) is 12.4 Å². The Morgan fingerprint density at radius 3 is 2.67 bits per heavy atom. The molecule has 1 saturated heterocycles. The largest absolute Gasteiger partial charge is 0.317 e. The van der Waals surface area contributed by atoms with Crippen molar-refractivity contribution in [2.75, 3.05) is 19.6 Å². The van der Waals surface area contributed by atoms with Crippen LogP contribution >= 0.6 is 23.7 Å². The zero-order valence-electron chi connectivity index (χ0n) is 11.4. The predicted octanol–water partition coefficient (Wildman–Crippen LogP) is 3.38. The molecular weight excluding hydrogens is 264 g/mol. The van der Waals surface area contributed by atoms with Crippen molar-refractivity contribution in [1.29, 1.82) is 0 Å². The second-order valence-electron chi connectivity index (χ2n) is 5.30. The first-order valence-corrected chi connectivity index (χ1v) is 7.61. The molecule has 2 heterocycles. The van der Waals surface area contributed by atoms with Crippen LogP contribution in [0.5, 0.6) is 0 Å². The Kier molecular flexibility index (Phi) is 7.23. The number of hydrogen-bond donors (Lipinski definition) is 1. The maximum absolute atomic E-state index is 3.45. The lowest BCUT2D eigenvalue weighted by Crippen LogP contribution is -2.38. The van der Waals surface area contributed by atoms with E-state index in [1.165, 1.54) is 37.4 Å². The quantitative estimate of drug-likeness (QED) is 0.894. The van der Waals surface area contributed by atoms with Gasteiger partial charge in [0.2, 0.25) is 0 Å². The Morgan fingerprint density at radius 2 is 2.11 bits per heavy atom. The van der Waals surface area contributed by atoms with Crippen LogP contribution in [0, 0.1) is 5.92 Å². The summed E-state index contributed by atoms with van der Waals surface area (Å²) < 4.78 is 0. The zero-order valence-corrected chi connectivity index (χ0v) is 13.0. The highest BCUT2D eigenvalue weighted by atomic mass is 35.5. The first kappa shape index (κ1) is 16.0. The molecule has 2 rings (SSSR count). The molecule has 4 heteroatoms. The molecule has 18 heavy (non-hydrogen) atoms. The molecule has 2 nitrogen and oxygen atoms in total. The Balaban J connectivity index is 0.00000162. The van der Waals surface area contributed by atoms with Crippen LogP contribution in [0.3, 0.4) is 0 Å². The number of hydrogen-bond acceptors (Lipinski definition) is 3. The van der Waals surface area contributed by atoms with Gasteiger partial charge in [-0.3, -0.25) is 4.90 Å². The average Bonchev–Trinajstić information content (AvgIpc) is 2.82. The van der Waals surface area contributed by atoms with Crippen molar-refractivity contribution in [3.63, 3.8) is 0 Å². The number of rotatable bonds is 5. The van der Waals surface area contributed by atoms with Crippen molar-refractivity contribution in [3.8, 4) is 0 Å². The number of halogens is 1. The van der Waals surface area contributed by atoms with E-state index in [2.05, 4.69) is 41.6 Å². The number of nitrogens with zero attached hydrogens (tertiary/aromatic N) is 1. The van der Waals surface area contributed by atoms with Gasteiger partial charge in [-0.05, 0) is 57.1 Å². The molecule has 0 saturated carbocycles. The predicted molar refractivity (Wildman–Crippen MR) is 82.7 cm³/mol. The van der Waals surface area contributed by atoms with Crippen LogP contribution in [-0.4, -0.2) is 30.6 Å². The fourth-order valence-corrected chi connectivity index (χ4v) is 3.19. The second kappa shape index (κ2) is 8.16. The van der Waals surface area contributed by atoms with E-state index in [1.54, 1.807) is 0 Å². The van der Waals surface area contributed by atoms with Crippen LogP contribution in [0.15, 0.2) is 17.5 Å². The summed E-state index contributed by atoms with van der Waals surface area (Å²) in [5.74, 6) is 0.888.